The standard InChI is InChI=1S/C17H22N4O2.2ClH/c1-12(13-10-18-11-13)16(22)20-6-8-21(9-7-20)17-19-14-4-2-3-5-15(14)23-17;;/h2-5,12-13,18H,6-11H2,1H3;2*1H. The smallest absolute Gasteiger partial charge is 0.298 e. The zero-order valence-corrected chi connectivity index (χ0v) is 15.8. The second-order valence-electron chi connectivity index (χ2n) is 6.48. The van der Waals surface area contributed by atoms with Crippen LogP contribution >= 0.6 is 24.8 Å². The molecule has 138 valence electrons. The molecule has 0 saturated carbocycles. The van der Waals surface area contributed by atoms with E-state index in [4.69, 9.17) is 4.42 Å². The van der Waals surface area contributed by atoms with Crippen LogP contribution in [0.15, 0.2) is 28.7 Å². The molecule has 2 saturated heterocycles. The number of hydrogen-bond acceptors (Lipinski definition) is 5. The van der Waals surface area contributed by atoms with Gasteiger partial charge in [0.2, 0.25) is 5.91 Å². The highest BCUT2D eigenvalue weighted by Gasteiger charge is 2.33. The van der Waals surface area contributed by atoms with Crippen LogP contribution in [0.1, 0.15) is 6.92 Å². The Morgan fingerprint density at radius 3 is 2.48 bits per heavy atom. The van der Waals surface area contributed by atoms with Crippen molar-refractivity contribution in [2.75, 3.05) is 44.2 Å². The Labute approximate surface area is 159 Å². The van der Waals surface area contributed by atoms with Crippen LogP contribution in [0.3, 0.4) is 0 Å². The number of rotatable bonds is 3. The van der Waals surface area contributed by atoms with Gasteiger partial charge in [-0.25, -0.2) is 0 Å². The lowest BCUT2D eigenvalue weighted by Gasteiger charge is -2.38. The lowest BCUT2D eigenvalue weighted by Crippen LogP contribution is -2.54. The Kier molecular flexibility index (Phi) is 6.54. The molecule has 1 atom stereocenters. The van der Waals surface area contributed by atoms with E-state index >= 15 is 0 Å². The predicted octanol–water partition coefficient (Wildman–Crippen LogP) is 2.18. The molecule has 3 heterocycles. The van der Waals surface area contributed by atoms with Crippen molar-refractivity contribution in [3.8, 4) is 0 Å². The van der Waals surface area contributed by atoms with Crippen molar-refractivity contribution in [2.45, 2.75) is 6.92 Å². The van der Waals surface area contributed by atoms with E-state index in [1.165, 1.54) is 0 Å². The van der Waals surface area contributed by atoms with E-state index in [9.17, 15) is 4.79 Å². The van der Waals surface area contributed by atoms with Crippen LogP contribution in [0, 0.1) is 11.8 Å². The van der Waals surface area contributed by atoms with Crippen LogP contribution in [-0.4, -0.2) is 55.1 Å². The van der Waals surface area contributed by atoms with Crippen molar-refractivity contribution in [3.63, 3.8) is 0 Å². The second-order valence-corrected chi connectivity index (χ2v) is 6.48. The maximum atomic E-state index is 12.6. The Bertz CT molecular complexity index is 678. The maximum absolute atomic E-state index is 12.6. The van der Waals surface area contributed by atoms with E-state index in [-0.39, 0.29) is 36.6 Å². The number of amides is 1. The number of oxazole rings is 1. The van der Waals surface area contributed by atoms with Crippen molar-refractivity contribution in [1.29, 1.82) is 0 Å². The third kappa shape index (κ3) is 3.86. The fourth-order valence-corrected chi connectivity index (χ4v) is 3.27. The summed E-state index contributed by atoms with van der Waals surface area (Å²) in [6, 6.07) is 8.46. The zero-order chi connectivity index (χ0) is 15.8. The number of hydrogen-bond donors (Lipinski definition) is 1. The van der Waals surface area contributed by atoms with Gasteiger partial charge in [-0.3, -0.25) is 4.79 Å². The highest BCUT2D eigenvalue weighted by atomic mass is 35.5. The SMILES string of the molecule is CC(C(=O)N1CCN(c2nc3ccccc3o2)CC1)C1CNC1.Cl.Cl. The van der Waals surface area contributed by atoms with Crippen LogP contribution in [-0.2, 0) is 4.79 Å². The molecule has 1 aromatic carbocycles. The van der Waals surface area contributed by atoms with Crippen LogP contribution in [0.4, 0.5) is 6.01 Å². The monoisotopic (exact) mass is 386 g/mol. The number of carbonyl (C=O) groups excluding carboxylic acids is 1. The fourth-order valence-electron chi connectivity index (χ4n) is 3.27. The summed E-state index contributed by atoms with van der Waals surface area (Å²) in [5, 5.41) is 3.24. The quantitative estimate of drug-likeness (QED) is 0.875. The number of fused-ring (bicyclic) bond motifs is 1. The van der Waals surface area contributed by atoms with Gasteiger partial charge in [-0.2, -0.15) is 4.98 Å². The number of benzene rings is 1. The lowest BCUT2D eigenvalue weighted by molar-refractivity contribution is -0.137. The summed E-state index contributed by atoms with van der Waals surface area (Å²) in [5.74, 6) is 0.901. The Morgan fingerprint density at radius 2 is 1.88 bits per heavy atom. The van der Waals surface area contributed by atoms with Crippen LogP contribution < -0.4 is 10.2 Å². The molecule has 2 aliphatic heterocycles. The van der Waals surface area contributed by atoms with Gasteiger partial charge in [0.15, 0.2) is 5.58 Å². The molecule has 1 amide bonds. The number of nitrogens with one attached hydrogen (secondary N) is 1. The van der Waals surface area contributed by atoms with E-state index < -0.39 is 0 Å². The van der Waals surface area contributed by atoms with Crippen molar-refractivity contribution in [2.24, 2.45) is 11.8 Å². The van der Waals surface area contributed by atoms with Crippen LogP contribution in [0.2, 0.25) is 0 Å². The summed E-state index contributed by atoms with van der Waals surface area (Å²) in [7, 11) is 0. The van der Waals surface area contributed by atoms with Crippen molar-refractivity contribution in [3.05, 3.63) is 24.3 Å². The normalized spacial score (nSPS) is 18.9. The van der Waals surface area contributed by atoms with Gasteiger partial charge in [0.1, 0.15) is 5.52 Å². The van der Waals surface area contributed by atoms with Crippen LogP contribution in [0.5, 0.6) is 0 Å². The summed E-state index contributed by atoms with van der Waals surface area (Å²) < 4.78 is 5.82. The number of anilines is 1. The maximum Gasteiger partial charge on any atom is 0.298 e. The van der Waals surface area contributed by atoms with Gasteiger partial charge in [-0.15, -0.1) is 24.8 Å². The summed E-state index contributed by atoms with van der Waals surface area (Å²) in [6.07, 6.45) is 0. The van der Waals surface area contributed by atoms with Gasteiger partial charge in [-0.1, -0.05) is 19.1 Å². The van der Waals surface area contributed by atoms with E-state index in [1.807, 2.05) is 29.2 Å². The van der Waals surface area contributed by atoms with Gasteiger partial charge < -0.3 is 19.5 Å². The second kappa shape index (κ2) is 8.25. The van der Waals surface area contributed by atoms with Crippen molar-refractivity contribution < 1.29 is 9.21 Å². The molecule has 25 heavy (non-hydrogen) atoms. The van der Waals surface area contributed by atoms with Gasteiger partial charge in [0, 0.05) is 32.1 Å². The molecule has 1 unspecified atom stereocenters. The number of aromatic nitrogens is 1. The first-order chi connectivity index (χ1) is 11.2. The number of halogens is 2. The first-order valence-electron chi connectivity index (χ1n) is 8.32. The molecule has 0 aliphatic carbocycles. The molecule has 0 spiro atoms. The molecule has 4 rings (SSSR count). The van der Waals surface area contributed by atoms with Gasteiger partial charge in [0.05, 0.1) is 0 Å². The molecule has 2 aliphatic rings. The number of piperazine rings is 1. The first-order valence-corrected chi connectivity index (χ1v) is 8.32. The predicted molar refractivity (Wildman–Crippen MR) is 103 cm³/mol. The summed E-state index contributed by atoms with van der Waals surface area (Å²) in [4.78, 5) is 21.2. The average molecular weight is 387 g/mol. The molecular weight excluding hydrogens is 363 g/mol. The number of nitrogens with zero attached hydrogens (tertiary/aromatic N) is 3. The molecule has 2 aromatic rings. The van der Waals surface area contributed by atoms with E-state index in [1.54, 1.807) is 0 Å². The molecular formula is C17H24Cl2N4O2. The molecule has 8 heteroatoms. The highest BCUT2D eigenvalue weighted by molar-refractivity contribution is 5.85. The fraction of sp³-hybridized carbons (Fsp3) is 0.529. The average Bonchev–Trinajstić information content (AvgIpc) is 2.96. The zero-order valence-electron chi connectivity index (χ0n) is 14.2. The van der Waals surface area contributed by atoms with Crippen LogP contribution in [0.25, 0.3) is 11.1 Å². The largest absolute Gasteiger partial charge is 0.423 e. The first kappa shape index (κ1) is 19.8. The minimum Gasteiger partial charge on any atom is -0.423 e. The summed E-state index contributed by atoms with van der Waals surface area (Å²) in [5.41, 5.74) is 1.69. The third-order valence-electron chi connectivity index (χ3n) is 5.05. The van der Waals surface area contributed by atoms with Gasteiger partial charge in [0.25, 0.3) is 6.01 Å². The highest BCUT2D eigenvalue weighted by Crippen LogP contribution is 2.24. The molecule has 6 nitrogen and oxygen atoms in total. The van der Waals surface area contributed by atoms with Gasteiger partial charge in [-0.05, 0) is 31.1 Å². The topological polar surface area (TPSA) is 61.6 Å². The van der Waals surface area contributed by atoms with E-state index in [2.05, 4.69) is 22.1 Å². The molecule has 0 bridgehead atoms. The summed E-state index contributed by atoms with van der Waals surface area (Å²) >= 11 is 0. The molecule has 0 radical (unpaired) electrons. The molecule has 2 fully saturated rings. The minimum absolute atomic E-state index is 0. The van der Waals surface area contributed by atoms with Gasteiger partial charge >= 0.3 is 0 Å². The minimum atomic E-state index is 0. The van der Waals surface area contributed by atoms with E-state index in [0.717, 1.165) is 50.4 Å². The van der Waals surface area contributed by atoms with Crippen molar-refractivity contribution in [1.82, 2.24) is 15.2 Å². The molecule has 1 N–H and O–H groups in total. The van der Waals surface area contributed by atoms with E-state index in [0.29, 0.717) is 11.9 Å². The van der Waals surface area contributed by atoms with Crippen molar-refractivity contribution >= 4 is 47.8 Å². The lowest BCUT2D eigenvalue weighted by atomic mass is 9.88. The molecule has 1 aromatic heterocycles. The third-order valence-corrected chi connectivity index (χ3v) is 5.05. The Hall–Kier alpha value is -1.50. The number of para-hydroxylation sites is 2. The Morgan fingerprint density at radius 1 is 1.20 bits per heavy atom. The summed E-state index contributed by atoms with van der Waals surface area (Å²) in [6.45, 7) is 7.01. The number of carbonyl (C=O) groups is 1. The Balaban J connectivity index is 0.00000113.